The minimum Gasteiger partial charge on any atom is -0.481 e. The van der Waals surface area contributed by atoms with Gasteiger partial charge in [-0.05, 0) is 20.8 Å². The first-order valence-electron chi connectivity index (χ1n) is 10.9. The second-order valence-corrected chi connectivity index (χ2v) is 10.9. The molecule has 2 saturated heterocycles. The van der Waals surface area contributed by atoms with E-state index in [9.17, 15) is 39.0 Å². The SMILES string of the molecule is CC(=O)CC(=O)OCC1(C(=O)O)CS[C@@H]2C(NC(=O)C(=NOC(C)(C)C(=O)O)c3nsc(N)n3)C(=O)N2C1. The van der Waals surface area contributed by atoms with E-state index < -0.39 is 76.7 Å². The molecule has 2 amide bonds. The standard InChI is InChI=1S/C20H24N6O10S2/c1-8(27)4-9(28)35-6-20(17(33)34)5-26-14(30)11(15(26)37-7-20)22-13(29)10(12-23-18(21)38-25-12)24-36-19(2,3)16(31)32/h11,15H,4-7H2,1-3H3,(H,22,29)(H,31,32)(H,33,34)(H2,21,23,25)/t11?,15-,20?/m1/s1. The number of ketones is 1. The van der Waals surface area contributed by atoms with Crippen LogP contribution in [-0.4, -0.2) is 102 Å². The zero-order valence-corrected chi connectivity index (χ0v) is 22.0. The lowest BCUT2D eigenvalue weighted by atomic mass is 9.88. The molecule has 18 heteroatoms. The number of β-lactam (4-membered cyclic amide) rings is 1. The van der Waals surface area contributed by atoms with Crippen molar-refractivity contribution in [2.24, 2.45) is 10.6 Å². The Morgan fingerprint density at radius 3 is 2.53 bits per heavy atom. The van der Waals surface area contributed by atoms with Gasteiger partial charge in [-0.3, -0.25) is 24.0 Å². The maximum Gasteiger partial charge on any atom is 0.350 e. The molecule has 0 aromatic carbocycles. The van der Waals surface area contributed by atoms with E-state index in [-0.39, 0.29) is 23.3 Å². The van der Waals surface area contributed by atoms with Gasteiger partial charge in [0.15, 0.2) is 5.13 Å². The maximum atomic E-state index is 13.0. The molecular weight excluding hydrogens is 548 g/mol. The van der Waals surface area contributed by atoms with E-state index in [1.807, 2.05) is 0 Å². The Morgan fingerprint density at radius 1 is 1.29 bits per heavy atom. The third-order valence-corrected chi connectivity index (χ3v) is 7.67. The number of carbonyl (C=O) groups excluding carboxylic acids is 4. The third kappa shape index (κ3) is 6.01. The molecule has 2 fully saturated rings. The Balaban J connectivity index is 1.72. The summed E-state index contributed by atoms with van der Waals surface area (Å²) in [4.78, 5) is 82.2. The van der Waals surface area contributed by atoms with Gasteiger partial charge in [0.2, 0.25) is 23.0 Å². The summed E-state index contributed by atoms with van der Waals surface area (Å²) in [6, 6.07) is -1.08. The lowest BCUT2D eigenvalue weighted by molar-refractivity contribution is -0.165. The van der Waals surface area contributed by atoms with E-state index in [0.29, 0.717) is 0 Å². The fraction of sp³-hybridized carbons (Fsp3) is 0.550. The summed E-state index contributed by atoms with van der Waals surface area (Å²) < 4.78 is 8.87. The van der Waals surface area contributed by atoms with Crippen molar-refractivity contribution < 1.29 is 48.6 Å². The van der Waals surface area contributed by atoms with Crippen LogP contribution in [0.25, 0.3) is 0 Å². The monoisotopic (exact) mass is 572 g/mol. The van der Waals surface area contributed by atoms with Crippen LogP contribution in [0.1, 0.15) is 33.0 Å². The topological polar surface area (TPSA) is 241 Å². The normalized spacial score (nSPS) is 23.1. The number of anilines is 1. The molecule has 2 unspecified atom stereocenters. The zero-order chi connectivity index (χ0) is 28.4. The molecule has 16 nitrogen and oxygen atoms in total. The average molecular weight is 573 g/mol. The molecule has 0 spiro atoms. The second kappa shape index (κ2) is 10.9. The van der Waals surface area contributed by atoms with Crippen LogP contribution in [0, 0.1) is 5.41 Å². The number of ether oxygens (including phenoxy) is 1. The summed E-state index contributed by atoms with van der Waals surface area (Å²) in [7, 11) is 0. The molecule has 2 aliphatic rings. The minimum atomic E-state index is -1.80. The number of hydrogen-bond acceptors (Lipinski definition) is 14. The third-order valence-electron chi connectivity index (χ3n) is 5.54. The number of thioether (sulfide) groups is 1. The Bertz CT molecular complexity index is 1220. The Kier molecular flexibility index (Phi) is 8.25. The van der Waals surface area contributed by atoms with Crippen molar-refractivity contribution in [1.82, 2.24) is 19.6 Å². The van der Waals surface area contributed by atoms with Crippen molar-refractivity contribution in [3.05, 3.63) is 5.82 Å². The van der Waals surface area contributed by atoms with Crippen LogP contribution in [0.2, 0.25) is 0 Å². The number of carbonyl (C=O) groups is 6. The number of nitrogens with zero attached hydrogens (tertiary/aromatic N) is 4. The molecule has 1 aromatic rings. The molecule has 1 aromatic heterocycles. The molecule has 5 N–H and O–H groups in total. The lowest BCUT2D eigenvalue weighted by Crippen LogP contribution is -2.74. The van der Waals surface area contributed by atoms with E-state index in [1.54, 1.807) is 0 Å². The molecule has 2 aliphatic heterocycles. The molecule has 0 radical (unpaired) electrons. The first-order valence-corrected chi connectivity index (χ1v) is 12.7. The van der Waals surface area contributed by atoms with E-state index >= 15 is 0 Å². The number of amides is 2. The summed E-state index contributed by atoms with van der Waals surface area (Å²) in [5.41, 5.74) is 1.65. The molecular formula is C20H24N6O10S2. The number of rotatable bonds is 11. The van der Waals surface area contributed by atoms with Gasteiger partial charge in [0.05, 0.1) is 0 Å². The van der Waals surface area contributed by atoms with Crippen LogP contribution in [0.4, 0.5) is 5.13 Å². The van der Waals surface area contributed by atoms with Gasteiger partial charge < -0.3 is 35.7 Å². The van der Waals surface area contributed by atoms with Gasteiger partial charge >= 0.3 is 17.9 Å². The highest BCUT2D eigenvalue weighted by atomic mass is 32.2. The van der Waals surface area contributed by atoms with Gasteiger partial charge in [0.25, 0.3) is 5.91 Å². The van der Waals surface area contributed by atoms with E-state index in [4.69, 9.17) is 15.3 Å². The highest BCUT2D eigenvalue weighted by Crippen LogP contribution is 2.42. The number of esters is 1. The first kappa shape index (κ1) is 28.8. The van der Waals surface area contributed by atoms with Crippen LogP contribution in [0.3, 0.4) is 0 Å². The quantitative estimate of drug-likeness (QED) is 0.0792. The molecule has 0 bridgehead atoms. The number of aromatic nitrogens is 2. The molecule has 206 valence electrons. The number of fused-ring (bicyclic) bond motifs is 1. The van der Waals surface area contributed by atoms with Crippen LogP contribution in [0.5, 0.6) is 0 Å². The molecule has 3 heterocycles. The Hall–Kier alpha value is -3.80. The van der Waals surface area contributed by atoms with Gasteiger partial charge in [-0.15, -0.1) is 11.8 Å². The van der Waals surface area contributed by atoms with Gasteiger partial charge in [-0.25, -0.2) is 4.79 Å². The van der Waals surface area contributed by atoms with Crippen molar-refractivity contribution in [1.29, 1.82) is 0 Å². The molecule has 3 rings (SSSR count). The zero-order valence-electron chi connectivity index (χ0n) is 20.3. The van der Waals surface area contributed by atoms with Gasteiger partial charge in [0.1, 0.15) is 35.6 Å². The van der Waals surface area contributed by atoms with Gasteiger partial charge in [-0.1, -0.05) is 5.16 Å². The maximum absolute atomic E-state index is 13.0. The summed E-state index contributed by atoms with van der Waals surface area (Å²) in [6.45, 7) is 2.76. The number of nitrogens with two attached hydrogens (primary N) is 1. The van der Waals surface area contributed by atoms with Crippen molar-refractivity contribution in [3.8, 4) is 0 Å². The number of hydrogen-bond donors (Lipinski definition) is 4. The van der Waals surface area contributed by atoms with Crippen LogP contribution in [0.15, 0.2) is 5.16 Å². The largest absolute Gasteiger partial charge is 0.481 e. The fourth-order valence-corrected chi connectivity index (χ4v) is 5.26. The molecule has 0 aliphatic carbocycles. The highest BCUT2D eigenvalue weighted by molar-refractivity contribution is 8.00. The van der Waals surface area contributed by atoms with Crippen molar-refractivity contribution in [3.63, 3.8) is 0 Å². The first-order chi connectivity index (χ1) is 17.7. The summed E-state index contributed by atoms with van der Waals surface area (Å²) in [5, 5.41) is 24.5. The Morgan fingerprint density at radius 2 is 1.97 bits per heavy atom. The van der Waals surface area contributed by atoms with Crippen LogP contribution < -0.4 is 11.1 Å². The lowest BCUT2D eigenvalue weighted by Gasteiger charge is -2.53. The molecule has 38 heavy (non-hydrogen) atoms. The predicted octanol–water partition coefficient (Wildman–Crippen LogP) is -1.30. The summed E-state index contributed by atoms with van der Waals surface area (Å²) in [6.07, 6.45) is -0.501. The van der Waals surface area contributed by atoms with Crippen LogP contribution in [-0.2, 0) is 38.3 Å². The summed E-state index contributed by atoms with van der Waals surface area (Å²) in [5.74, 6) is -5.82. The predicted molar refractivity (Wildman–Crippen MR) is 130 cm³/mol. The smallest absolute Gasteiger partial charge is 0.350 e. The van der Waals surface area contributed by atoms with Crippen molar-refractivity contribution in [2.45, 2.75) is 44.2 Å². The number of aliphatic carboxylic acids is 2. The number of oxime groups is 1. The van der Waals surface area contributed by atoms with Gasteiger partial charge in [0, 0.05) is 23.8 Å². The van der Waals surface area contributed by atoms with E-state index in [1.165, 1.54) is 25.7 Å². The van der Waals surface area contributed by atoms with Crippen molar-refractivity contribution in [2.75, 3.05) is 24.6 Å². The summed E-state index contributed by atoms with van der Waals surface area (Å²) >= 11 is 1.81. The highest BCUT2D eigenvalue weighted by Gasteiger charge is 2.58. The van der Waals surface area contributed by atoms with Crippen molar-refractivity contribution >= 4 is 69.6 Å². The number of nitrogen functional groups attached to an aromatic ring is 1. The van der Waals surface area contributed by atoms with Gasteiger partial charge in [-0.2, -0.15) is 9.36 Å². The minimum absolute atomic E-state index is 0.000686. The van der Waals surface area contributed by atoms with Crippen LogP contribution >= 0.6 is 23.3 Å². The average Bonchev–Trinajstić information content (AvgIpc) is 3.26. The number of nitrogens with one attached hydrogen (secondary N) is 1. The Labute approximate surface area is 223 Å². The number of carboxylic acid groups (broad SMARTS) is 2. The number of Topliss-reactive ketones (excluding diaryl/α,β-unsaturated/α-hetero) is 1. The fourth-order valence-electron chi connectivity index (χ4n) is 3.30. The van der Waals surface area contributed by atoms with E-state index in [2.05, 4.69) is 19.8 Å². The molecule has 3 atom stereocenters. The second-order valence-electron chi connectivity index (χ2n) is 9.05. The number of carboxylic acids is 2. The van der Waals surface area contributed by atoms with E-state index in [0.717, 1.165) is 23.3 Å². The molecule has 0 saturated carbocycles.